The van der Waals surface area contributed by atoms with Gasteiger partial charge in [-0.15, -0.1) is 0 Å². The molecule has 132 valence electrons. The molecule has 25 heavy (non-hydrogen) atoms. The summed E-state index contributed by atoms with van der Waals surface area (Å²) in [5, 5.41) is 6.72. The molecule has 0 fully saturated rings. The first kappa shape index (κ1) is 16.8. The Labute approximate surface area is 144 Å². The summed E-state index contributed by atoms with van der Waals surface area (Å²) in [5.41, 5.74) is 1.88. The Morgan fingerprint density at radius 1 is 1.36 bits per heavy atom. The van der Waals surface area contributed by atoms with Crippen molar-refractivity contribution in [2.24, 2.45) is 7.05 Å². The van der Waals surface area contributed by atoms with E-state index in [4.69, 9.17) is 14.2 Å². The standard InChI is InChI=1S/C17H19N3O5/c1-10-13(8-19-20(10)3)17(22)25-11(2)16(21)18-7-12-4-5-14-15(6-12)24-9-23-14/h4-6,8,11H,7,9H2,1-3H3,(H,18,21). The van der Waals surface area contributed by atoms with Crippen molar-refractivity contribution in [3.8, 4) is 11.5 Å². The lowest BCUT2D eigenvalue weighted by atomic mass is 10.2. The van der Waals surface area contributed by atoms with E-state index in [1.165, 1.54) is 13.1 Å². The van der Waals surface area contributed by atoms with Gasteiger partial charge in [-0.25, -0.2) is 4.79 Å². The van der Waals surface area contributed by atoms with Gasteiger partial charge >= 0.3 is 5.97 Å². The zero-order valence-electron chi connectivity index (χ0n) is 14.2. The predicted octanol–water partition coefficient (Wildman–Crippen LogP) is 1.32. The van der Waals surface area contributed by atoms with E-state index in [9.17, 15) is 9.59 Å². The van der Waals surface area contributed by atoms with Gasteiger partial charge in [-0.1, -0.05) is 6.07 Å². The van der Waals surface area contributed by atoms with Gasteiger partial charge in [0.15, 0.2) is 17.6 Å². The summed E-state index contributed by atoms with van der Waals surface area (Å²) in [5.74, 6) is 0.381. The van der Waals surface area contributed by atoms with E-state index in [-0.39, 0.29) is 12.7 Å². The SMILES string of the molecule is Cc1c(C(=O)OC(C)C(=O)NCc2ccc3c(c2)OCO3)cnn1C. The topological polar surface area (TPSA) is 91.7 Å². The van der Waals surface area contributed by atoms with Gasteiger partial charge in [0, 0.05) is 19.3 Å². The number of hydrogen-bond acceptors (Lipinski definition) is 6. The second-order valence-corrected chi connectivity index (χ2v) is 5.72. The summed E-state index contributed by atoms with van der Waals surface area (Å²) in [4.78, 5) is 24.3. The summed E-state index contributed by atoms with van der Waals surface area (Å²) in [7, 11) is 1.73. The highest BCUT2D eigenvalue weighted by Crippen LogP contribution is 2.32. The fraction of sp³-hybridized carbons (Fsp3) is 0.353. The van der Waals surface area contributed by atoms with Crippen LogP contribution in [0.5, 0.6) is 11.5 Å². The second-order valence-electron chi connectivity index (χ2n) is 5.72. The summed E-state index contributed by atoms with van der Waals surface area (Å²) < 4.78 is 17.3. The molecule has 1 N–H and O–H groups in total. The zero-order chi connectivity index (χ0) is 18.0. The van der Waals surface area contributed by atoms with Crippen molar-refractivity contribution in [2.45, 2.75) is 26.5 Å². The third kappa shape index (κ3) is 3.57. The number of carbonyl (C=O) groups is 2. The molecule has 2 aromatic rings. The van der Waals surface area contributed by atoms with E-state index in [0.717, 1.165) is 5.56 Å². The number of nitrogens with zero attached hydrogens (tertiary/aromatic N) is 2. The highest BCUT2D eigenvalue weighted by Gasteiger charge is 2.21. The third-order valence-corrected chi connectivity index (χ3v) is 4.01. The largest absolute Gasteiger partial charge is 0.454 e. The number of amides is 1. The van der Waals surface area contributed by atoms with Crippen LogP contribution in [0, 0.1) is 6.92 Å². The molecule has 8 nitrogen and oxygen atoms in total. The Hall–Kier alpha value is -3.03. The minimum absolute atomic E-state index is 0.200. The van der Waals surface area contributed by atoms with Gasteiger partial charge < -0.3 is 19.5 Å². The molecule has 0 aliphatic carbocycles. The van der Waals surface area contributed by atoms with Gasteiger partial charge in [-0.05, 0) is 31.5 Å². The van der Waals surface area contributed by atoms with Gasteiger partial charge in [-0.3, -0.25) is 9.48 Å². The molecule has 3 rings (SSSR count). The zero-order valence-corrected chi connectivity index (χ0v) is 14.2. The molecule has 0 radical (unpaired) electrons. The minimum atomic E-state index is -0.916. The Morgan fingerprint density at radius 2 is 2.12 bits per heavy atom. The molecule has 1 atom stereocenters. The van der Waals surface area contributed by atoms with Crippen LogP contribution in [0.2, 0.25) is 0 Å². The molecule has 1 amide bonds. The molecule has 1 aliphatic heterocycles. The number of rotatable bonds is 5. The van der Waals surface area contributed by atoms with Crippen molar-refractivity contribution in [3.05, 3.63) is 41.2 Å². The highest BCUT2D eigenvalue weighted by molar-refractivity contribution is 5.92. The van der Waals surface area contributed by atoms with Crippen LogP contribution in [-0.4, -0.2) is 34.6 Å². The molecule has 0 saturated carbocycles. The smallest absolute Gasteiger partial charge is 0.342 e. The van der Waals surface area contributed by atoms with Crippen molar-refractivity contribution in [1.29, 1.82) is 0 Å². The second kappa shape index (κ2) is 6.84. The normalized spacial score (nSPS) is 13.4. The summed E-state index contributed by atoms with van der Waals surface area (Å²) >= 11 is 0. The molecule has 0 spiro atoms. The van der Waals surface area contributed by atoms with Crippen molar-refractivity contribution in [1.82, 2.24) is 15.1 Å². The molecule has 8 heteroatoms. The average molecular weight is 345 g/mol. The van der Waals surface area contributed by atoms with Crippen LogP contribution in [0.25, 0.3) is 0 Å². The summed E-state index contributed by atoms with van der Waals surface area (Å²) in [6.45, 7) is 3.78. The number of carbonyl (C=O) groups excluding carboxylic acids is 2. The molecular weight excluding hydrogens is 326 g/mol. The maximum Gasteiger partial charge on any atom is 0.342 e. The van der Waals surface area contributed by atoms with E-state index < -0.39 is 12.1 Å². The van der Waals surface area contributed by atoms with Crippen LogP contribution in [0.15, 0.2) is 24.4 Å². The lowest BCUT2D eigenvalue weighted by Gasteiger charge is -2.13. The van der Waals surface area contributed by atoms with Gasteiger partial charge in [0.1, 0.15) is 5.56 Å². The number of nitrogens with one attached hydrogen (secondary N) is 1. The number of aromatic nitrogens is 2. The Morgan fingerprint density at radius 3 is 2.84 bits per heavy atom. The van der Waals surface area contributed by atoms with E-state index >= 15 is 0 Å². The van der Waals surface area contributed by atoms with Crippen LogP contribution in [0.1, 0.15) is 28.5 Å². The maximum absolute atomic E-state index is 12.1. The first-order valence-corrected chi connectivity index (χ1v) is 7.81. The first-order chi connectivity index (χ1) is 12.0. The van der Waals surface area contributed by atoms with Crippen LogP contribution >= 0.6 is 0 Å². The van der Waals surface area contributed by atoms with Crippen LogP contribution in [-0.2, 0) is 23.1 Å². The molecule has 1 aromatic heterocycles. The van der Waals surface area contributed by atoms with E-state index in [2.05, 4.69) is 10.4 Å². The highest BCUT2D eigenvalue weighted by atomic mass is 16.7. The molecule has 0 bridgehead atoms. The van der Waals surface area contributed by atoms with E-state index in [1.807, 2.05) is 6.07 Å². The number of ether oxygens (including phenoxy) is 3. The van der Waals surface area contributed by atoms with E-state index in [1.54, 1.807) is 30.8 Å². The summed E-state index contributed by atoms with van der Waals surface area (Å²) in [6.07, 6.45) is 0.510. The van der Waals surface area contributed by atoms with Crippen molar-refractivity contribution >= 4 is 11.9 Å². The van der Waals surface area contributed by atoms with Crippen LogP contribution in [0.3, 0.4) is 0 Å². The van der Waals surface area contributed by atoms with Gasteiger partial charge in [0.25, 0.3) is 5.91 Å². The van der Waals surface area contributed by atoms with Crippen LogP contribution in [0.4, 0.5) is 0 Å². The average Bonchev–Trinajstić information content (AvgIpc) is 3.19. The summed E-state index contributed by atoms with van der Waals surface area (Å²) in [6, 6.07) is 5.43. The Balaban J connectivity index is 1.54. The van der Waals surface area contributed by atoms with Gasteiger partial charge in [0.2, 0.25) is 6.79 Å². The lowest BCUT2D eigenvalue weighted by Crippen LogP contribution is -2.35. The molecule has 1 aliphatic rings. The monoisotopic (exact) mass is 345 g/mol. The Bertz CT molecular complexity index is 815. The van der Waals surface area contributed by atoms with E-state index in [0.29, 0.717) is 29.3 Å². The molecule has 1 unspecified atom stereocenters. The van der Waals surface area contributed by atoms with Gasteiger partial charge in [0.05, 0.1) is 6.20 Å². The number of hydrogen-bond donors (Lipinski definition) is 1. The number of fused-ring (bicyclic) bond motifs is 1. The molecule has 2 heterocycles. The fourth-order valence-electron chi connectivity index (χ4n) is 2.36. The maximum atomic E-state index is 12.1. The molecular formula is C17H19N3O5. The quantitative estimate of drug-likeness (QED) is 0.822. The number of esters is 1. The fourth-order valence-corrected chi connectivity index (χ4v) is 2.36. The molecule has 0 saturated heterocycles. The number of benzene rings is 1. The Kier molecular flexibility index (Phi) is 4.60. The van der Waals surface area contributed by atoms with Crippen molar-refractivity contribution in [2.75, 3.05) is 6.79 Å². The minimum Gasteiger partial charge on any atom is -0.454 e. The van der Waals surface area contributed by atoms with Crippen LogP contribution < -0.4 is 14.8 Å². The molecule has 1 aromatic carbocycles. The van der Waals surface area contributed by atoms with Gasteiger partial charge in [-0.2, -0.15) is 5.10 Å². The third-order valence-electron chi connectivity index (χ3n) is 4.01. The number of aryl methyl sites for hydroxylation is 1. The van der Waals surface area contributed by atoms with Crippen molar-refractivity contribution < 1.29 is 23.8 Å². The van der Waals surface area contributed by atoms with Crippen molar-refractivity contribution in [3.63, 3.8) is 0 Å². The lowest BCUT2D eigenvalue weighted by molar-refractivity contribution is -0.129. The predicted molar refractivity (Wildman–Crippen MR) is 87.2 cm³/mol. The first-order valence-electron chi connectivity index (χ1n) is 7.81.